The Hall–Kier alpha value is -4.51. The van der Waals surface area contributed by atoms with Crippen molar-refractivity contribution in [3.8, 4) is 11.5 Å². The molecule has 1 aromatic heterocycles. The number of hydrogen-bond acceptors (Lipinski definition) is 7. The van der Waals surface area contributed by atoms with Gasteiger partial charge in [0.2, 0.25) is 0 Å². The molecule has 4 N–H and O–H groups in total. The first-order chi connectivity index (χ1) is 17.4. The molecule has 0 saturated heterocycles. The highest BCUT2D eigenvalue weighted by atomic mass is 79.9. The number of hydrazone groups is 1. The number of nitrogens with one attached hydrogen (secondary N) is 3. The number of amides is 2. The van der Waals surface area contributed by atoms with Crippen LogP contribution in [0.5, 0.6) is 11.5 Å². The van der Waals surface area contributed by atoms with Crippen LogP contribution in [-0.4, -0.2) is 40.4 Å². The van der Waals surface area contributed by atoms with Crippen molar-refractivity contribution in [1.29, 1.82) is 0 Å². The van der Waals surface area contributed by atoms with Crippen LogP contribution in [0.4, 0.5) is 0 Å². The van der Waals surface area contributed by atoms with E-state index < -0.39 is 23.4 Å². The Morgan fingerprint density at radius 3 is 2.53 bits per heavy atom. The Morgan fingerprint density at radius 2 is 1.81 bits per heavy atom. The fourth-order valence-electron chi connectivity index (χ4n) is 3.50. The van der Waals surface area contributed by atoms with E-state index in [4.69, 9.17) is 4.74 Å². The number of hydrogen-bond donors (Lipinski definition) is 4. The summed E-state index contributed by atoms with van der Waals surface area (Å²) in [6.45, 7) is 0. The van der Waals surface area contributed by atoms with Crippen LogP contribution in [0.3, 0.4) is 0 Å². The zero-order valence-electron chi connectivity index (χ0n) is 18.9. The fourth-order valence-corrected chi connectivity index (χ4v) is 3.95. The number of phenols is 1. The van der Waals surface area contributed by atoms with Gasteiger partial charge in [0.1, 0.15) is 5.69 Å². The normalized spacial score (nSPS) is 11.8. The van der Waals surface area contributed by atoms with Crippen LogP contribution in [0.2, 0.25) is 0 Å². The summed E-state index contributed by atoms with van der Waals surface area (Å²) in [7, 11) is 1.41. The first-order valence-electron chi connectivity index (χ1n) is 10.6. The van der Waals surface area contributed by atoms with Crippen molar-refractivity contribution in [2.75, 3.05) is 7.11 Å². The summed E-state index contributed by atoms with van der Waals surface area (Å²) < 4.78 is 5.74. The maximum atomic E-state index is 13.2. The van der Waals surface area contributed by atoms with Gasteiger partial charge >= 0.3 is 0 Å². The van der Waals surface area contributed by atoms with Gasteiger partial charge in [-0.3, -0.25) is 14.4 Å². The van der Waals surface area contributed by atoms with Crippen molar-refractivity contribution in [3.05, 3.63) is 98.4 Å². The summed E-state index contributed by atoms with van der Waals surface area (Å²) in [5.41, 5.74) is 2.68. The SMILES string of the molecule is COc1cc(Br)cc(/C=N\NC(=O)[C@H](NC(=O)c2ccccc2)c2n[nH]c(=O)c3ccccc23)c1O. The van der Waals surface area contributed by atoms with Crippen molar-refractivity contribution >= 4 is 44.7 Å². The molecule has 0 radical (unpaired) electrons. The molecule has 4 rings (SSSR count). The highest BCUT2D eigenvalue weighted by molar-refractivity contribution is 9.10. The van der Waals surface area contributed by atoms with Crippen LogP contribution in [0, 0.1) is 0 Å². The molecule has 0 unspecified atom stereocenters. The molecule has 0 aliphatic carbocycles. The number of aromatic hydroxyl groups is 1. The minimum Gasteiger partial charge on any atom is -0.504 e. The van der Waals surface area contributed by atoms with E-state index in [1.165, 1.54) is 13.3 Å². The van der Waals surface area contributed by atoms with Crippen molar-refractivity contribution in [2.24, 2.45) is 5.10 Å². The van der Waals surface area contributed by atoms with E-state index >= 15 is 0 Å². The van der Waals surface area contributed by atoms with E-state index in [2.05, 4.69) is 42.0 Å². The van der Waals surface area contributed by atoms with E-state index in [0.29, 0.717) is 20.8 Å². The Kier molecular flexibility index (Phi) is 7.40. The Bertz CT molecular complexity index is 1520. The van der Waals surface area contributed by atoms with Crippen LogP contribution in [0.25, 0.3) is 10.8 Å². The number of halogens is 1. The number of aromatic nitrogens is 2. The third kappa shape index (κ3) is 5.26. The number of carbonyl (C=O) groups is 2. The molecule has 4 aromatic rings. The number of methoxy groups -OCH3 is 1. The van der Waals surface area contributed by atoms with Gasteiger partial charge in [-0.05, 0) is 30.3 Å². The molecule has 10 nitrogen and oxygen atoms in total. The average molecular weight is 550 g/mol. The second kappa shape index (κ2) is 10.8. The zero-order chi connectivity index (χ0) is 25.7. The van der Waals surface area contributed by atoms with Gasteiger partial charge < -0.3 is 15.2 Å². The number of rotatable bonds is 7. The molecular weight excluding hydrogens is 530 g/mol. The molecule has 11 heteroatoms. The molecule has 1 atom stereocenters. The van der Waals surface area contributed by atoms with Gasteiger partial charge in [-0.25, -0.2) is 10.5 Å². The highest BCUT2D eigenvalue weighted by Crippen LogP contribution is 2.32. The lowest BCUT2D eigenvalue weighted by Crippen LogP contribution is -2.40. The largest absolute Gasteiger partial charge is 0.504 e. The molecule has 1 heterocycles. The van der Waals surface area contributed by atoms with Gasteiger partial charge in [-0.15, -0.1) is 0 Å². The molecular formula is C25H20BrN5O5. The molecule has 2 amide bonds. The van der Waals surface area contributed by atoms with E-state index in [1.54, 1.807) is 66.7 Å². The van der Waals surface area contributed by atoms with Gasteiger partial charge in [0, 0.05) is 21.0 Å². The van der Waals surface area contributed by atoms with Crippen LogP contribution in [-0.2, 0) is 4.79 Å². The van der Waals surface area contributed by atoms with Crippen molar-refractivity contribution in [1.82, 2.24) is 20.9 Å². The Balaban J connectivity index is 1.68. The van der Waals surface area contributed by atoms with E-state index in [-0.39, 0.29) is 22.8 Å². The quantitative estimate of drug-likeness (QED) is 0.206. The zero-order valence-corrected chi connectivity index (χ0v) is 20.4. The molecule has 0 aliphatic heterocycles. The number of ether oxygens (including phenoxy) is 1. The van der Waals surface area contributed by atoms with Gasteiger partial charge in [0.15, 0.2) is 17.5 Å². The monoisotopic (exact) mass is 549 g/mol. The smallest absolute Gasteiger partial charge is 0.272 e. The highest BCUT2D eigenvalue weighted by Gasteiger charge is 2.27. The number of H-pyrrole nitrogens is 1. The molecule has 0 spiro atoms. The molecule has 0 fully saturated rings. The maximum Gasteiger partial charge on any atom is 0.272 e. The minimum absolute atomic E-state index is 0.133. The van der Waals surface area contributed by atoms with E-state index in [1.807, 2.05) is 0 Å². The molecule has 0 bridgehead atoms. The molecule has 3 aromatic carbocycles. The number of nitrogens with zero attached hydrogens (tertiary/aromatic N) is 2. The number of fused-ring (bicyclic) bond motifs is 1. The van der Waals surface area contributed by atoms with Crippen LogP contribution in [0.1, 0.15) is 27.7 Å². The predicted octanol–water partition coefficient (Wildman–Crippen LogP) is 3.02. The van der Waals surface area contributed by atoms with Crippen molar-refractivity contribution in [2.45, 2.75) is 6.04 Å². The lowest BCUT2D eigenvalue weighted by atomic mass is 10.0. The Labute approximate surface area is 213 Å². The predicted molar refractivity (Wildman–Crippen MR) is 137 cm³/mol. The molecule has 0 aliphatic rings. The van der Waals surface area contributed by atoms with Crippen LogP contribution >= 0.6 is 15.9 Å². The topological polar surface area (TPSA) is 146 Å². The van der Waals surface area contributed by atoms with Crippen molar-refractivity contribution in [3.63, 3.8) is 0 Å². The second-order valence-electron chi connectivity index (χ2n) is 7.54. The van der Waals surface area contributed by atoms with Crippen LogP contribution < -0.4 is 21.0 Å². The number of carbonyl (C=O) groups excluding carboxylic acids is 2. The Morgan fingerprint density at radius 1 is 1.11 bits per heavy atom. The maximum absolute atomic E-state index is 13.2. The summed E-state index contributed by atoms with van der Waals surface area (Å²) in [6.07, 6.45) is 1.23. The van der Waals surface area contributed by atoms with Gasteiger partial charge in [0.05, 0.1) is 18.7 Å². The lowest BCUT2D eigenvalue weighted by molar-refractivity contribution is -0.123. The standard InChI is InChI=1S/C25H20BrN5O5/c1-36-19-12-16(26)11-15(22(19)32)13-27-30-25(35)21(28-23(33)14-7-3-2-4-8-14)20-17-9-5-6-10-18(17)24(34)31-29-20/h2-13,21,32H,1H3,(H,28,33)(H,30,35)(H,31,34)/b27-13-/t21-/m1/s1. The fraction of sp³-hybridized carbons (Fsp3) is 0.0800. The van der Waals surface area contributed by atoms with Crippen molar-refractivity contribution < 1.29 is 19.4 Å². The summed E-state index contributed by atoms with van der Waals surface area (Å²) in [5.74, 6) is -1.19. The summed E-state index contributed by atoms with van der Waals surface area (Å²) in [4.78, 5) is 38.4. The van der Waals surface area contributed by atoms with E-state index in [0.717, 1.165) is 0 Å². The van der Waals surface area contributed by atoms with Gasteiger partial charge in [-0.2, -0.15) is 10.2 Å². The number of benzene rings is 3. The summed E-state index contributed by atoms with van der Waals surface area (Å²) in [5, 5.41) is 24.0. The molecule has 36 heavy (non-hydrogen) atoms. The number of phenolic OH excluding ortho intramolecular Hbond substituents is 1. The number of aromatic amines is 1. The second-order valence-corrected chi connectivity index (χ2v) is 8.45. The minimum atomic E-state index is -1.30. The van der Waals surface area contributed by atoms with E-state index in [9.17, 15) is 19.5 Å². The first-order valence-corrected chi connectivity index (χ1v) is 11.4. The summed E-state index contributed by atoms with van der Waals surface area (Å²) in [6, 6.07) is 16.8. The van der Waals surface area contributed by atoms with Gasteiger partial charge in [0.25, 0.3) is 17.4 Å². The average Bonchev–Trinajstić information content (AvgIpc) is 2.90. The first kappa shape index (κ1) is 24.6. The van der Waals surface area contributed by atoms with Crippen LogP contribution in [0.15, 0.2) is 81.1 Å². The van der Waals surface area contributed by atoms with Gasteiger partial charge in [-0.1, -0.05) is 52.3 Å². The third-order valence-electron chi connectivity index (χ3n) is 5.24. The molecule has 0 saturated carbocycles. The lowest BCUT2D eigenvalue weighted by Gasteiger charge is -2.18. The summed E-state index contributed by atoms with van der Waals surface area (Å²) >= 11 is 3.32. The third-order valence-corrected chi connectivity index (χ3v) is 5.70. The molecule has 182 valence electrons.